The van der Waals surface area contributed by atoms with Crippen LogP contribution in [0.2, 0.25) is 0 Å². The lowest BCUT2D eigenvalue weighted by Crippen LogP contribution is -2.01. The fourth-order valence-corrected chi connectivity index (χ4v) is 2.61. The van der Waals surface area contributed by atoms with Gasteiger partial charge in [0.15, 0.2) is 0 Å². The molecule has 0 aliphatic carbocycles. The van der Waals surface area contributed by atoms with Crippen molar-refractivity contribution >= 4 is 11.6 Å². The van der Waals surface area contributed by atoms with E-state index < -0.39 is 0 Å². The van der Waals surface area contributed by atoms with Crippen LogP contribution in [0, 0.1) is 19.7 Å². The van der Waals surface area contributed by atoms with Crippen LogP contribution >= 0.6 is 11.6 Å². The van der Waals surface area contributed by atoms with E-state index in [1.165, 1.54) is 28.8 Å². The maximum Gasteiger partial charge on any atom is 0.123 e. The Hall–Kier alpha value is -1.54. The molecule has 0 amide bonds. The van der Waals surface area contributed by atoms with Gasteiger partial charge in [-0.2, -0.15) is 0 Å². The molecule has 3 heteroatoms. The van der Waals surface area contributed by atoms with Gasteiger partial charge >= 0.3 is 0 Å². The molecule has 0 aromatic heterocycles. The molecule has 0 bridgehead atoms. The van der Waals surface area contributed by atoms with Gasteiger partial charge in [-0.1, -0.05) is 23.8 Å². The summed E-state index contributed by atoms with van der Waals surface area (Å²) in [5.41, 5.74) is 4.25. The maximum absolute atomic E-state index is 13.4. The molecule has 20 heavy (non-hydrogen) atoms. The number of methoxy groups -OCH3 is 1. The van der Waals surface area contributed by atoms with Crippen molar-refractivity contribution in [3.63, 3.8) is 0 Å². The summed E-state index contributed by atoms with van der Waals surface area (Å²) in [6.45, 7) is 4.11. The molecular weight excluding hydrogens is 275 g/mol. The van der Waals surface area contributed by atoms with Crippen LogP contribution in [0.5, 0.6) is 5.75 Å². The maximum atomic E-state index is 13.4. The van der Waals surface area contributed by atoms with Crippen LogP contribution in [-0.2, 0) is 6.42 Å². The van der Waals surface area contributed by atoms with Gasteiger partial charge in [-0.3, -0.25) is 0 Å². The van der Waals surface area contributed by atoms with Crippen molar-refractivity contribution < 1.29 is 9.13 Å². The topological polar surface area (TPSA) is 9.23 Å². The Balaban J connectivity index is 2.30. The molecule has 0 spiro atoms. The van der Waals surface area contributed by atoms with Gasteiger partial charge in [0.05, 0.1) is 12.5 Å². The fourth-order valence-electron chi connectivity index (χ4n) is 2.27. The number of ether oxygens (including phenoxy) is 1. The van der Waals surface area contributed by atoms with Gasteiger partial charge in [-0.15, -0.1) is 11.6 Å². The lowest BCUT2D eigenvalue weighted by atomic mass is 9.98. The highest BCUT2D eigenvalue weighted by Gasteiger charge is 2.16. The zero-order valence-electron chi connectivity index (χ0n) is 11.9. The van der Waals surface area contributed by atoms with Crippen LogP contribution in [-0.4, -0.2) is 7.11 Å². The van der Waals surface area contributed by atoms with E-state index in [4.69, 9.17) is 16.3 Å². The summed E-state index contributed by atoms with van der Waals surface area (Å²) in [5, 5.41) is -0.318. The highest BCUT2D eigenvalue weighted by molar-refractivity contribution is 6.21. The number of halogens is 2. The number of alkyl halides is 1. The molecule has 2 aromatic rings. The van der Waals surface area contributed by atoms with Crippen LogP contribution < -0.4 is 4.74 Å². The third-order valence-electron chi connectivity index (χ3n) is 3.43. The Kier molecular flexibility index (Phi) is 4.66. The highest BCUT2D eigenvalue weighted by atomic mass is 35.5. The van der Waals surface area contributed by atoms with Crippen molar-refractivity contribution in [2.24, 2.45) is 0 Å². The summed E-state index contributed by atoms with van der Waals surface area (Å²) in [5.74, 6) is 0.323. The van der Waals surface area contributed by atoms with Crippen LogP contribution in [0.3, 0.4) is 0 Å². The summed E-state index contributed by atoms with van der Waals surface area (Å²) in [4.78, 5) is 0. The van der Waals surface area contributed by atoms with Gasteiger partial charge in [0.25, 0.3) is 0 Å². The van der Waals surface area contributed by atoms with Crippen molar-refractivity contribution in [2.75, 3.05) is 7.11 Å². The third kappa shape index (κ3) is 3.31. The molecule has 0 aliphatic rings. The first-order chi connectivity index (χ1) is 9.51. The molecule has 1 atom stereocenters. The zero-order valence-corrected chi connectivity index (χ0v) is 12.7. The van der Waals surface area contributed by atoms with Crippen molar-refractivity contribution in [1.29, 1.82) is 0 Å². The van der Waals surface area contributed by atoms with E-state index in [0.717, 1.165) is 0 Å². The Labute approximate surface area is 124 Å². The van der Waals surface area contributed by atoms with Crippen molar-refractivity contribution in [2.45, 2.75) is 25.6 Å². The first-order valence-electron chi connectivity index (χ1n) is 6.55. The third-order valence-corrected chi connectivity index (χ3v) is 3.82. The normalized spacial score (nSPS) is 12.2. The molecular formula is C17H18ClFO. The largest absolute Gasteiger partial charge is 0.496 e. The Morgan fingerprint density at radius 2 is 1.90 bits per heavy atom. The predicted molar refractivity (Wildman–Crippen MR) is 81.2 cm³/mol. The van der Waals surface area contributed by atoms with Gasteiger partial charge in [0, 0.05) is 5.56 Å². The molecule has 0 radical (unpaired) electrons. The van der Waals surface area contributed by atoms with E-state index in [1.807, 2.05) is 0 Å². The average Bonchev–Trinajstić information content (AvgIpc) is 2.42. The minimum atomic E-state index is -0.318. The summed E-state index contributed by atoms with van der Waals surface area (Å²) in [7, 11) is 1.57. The fraction of sp³-hybridized carbons (Fsp3) is 0.294. The minimum absolute atomic E-state index is 0.299. The number of hydrogen-bond donors (Lipinski definition) is 0. The van der Waals surface area contributed by atoms with Crippen molar-refractivity contribution in [1.82, 2.24) is 0 Å². The smallest absolute Gasteiger partial charge is 0.123 e. The number of rotatable bonds is 4. The molecule has 1 nitrogen and oxygen atoms in total. The highest BCUT2D eigenvalue weighted by Crippen LogP contribution is 2.33. The van der Waals surface area contributed by atoms with E-state index in [0.29, 0.717) is 17.7 Å². The lowest BCUT2D eigenvalue weighted by molar-refractivity contribution is 0.407. The number of hydrogen-bond acceptors (Lipinski definition) is 1. The van der Waals surface area contributed by atoms with Gasteiger partial charge < -0.3 is 4.74 Å². The van der Waals surface area contributed by atoms with Gasteiger partial charge in [-0.05, 0) is 49.6 Å². The van der Waals surface area contributed by atoms with E-state index in [-0.39, 0.29) is 11.2 Å². The second-order valence-electron chi connectivity index (χ2n) is 4.99. The van der Waals surface area contributed by atoms with E-state index in [9.17, 15) is 4.39 Å². The van der Waals surface area contributed by atoms with Crippen molar-refractivity contribution in [3.05, 3.63) is 64.5 Å². The summed E-state index contributed by atoms with van der Waals surface area (Å²) >= 11 is 6.47. The van der Waals surface area contributed by atoms with Gasteiger partial charge in [0.1, 0.15) is 11.6 Å². The predicted octanol–water partition coefficient (Wildman–Crippen LogP) is 4.97. The standard InChI is InChI=1S/C17H18ClFO/c1-11-4-5-12(2)13(8-11)9-16(18)15-10-14(19)6-7-17(15)20-3/h4-8,10,16H,9H2,1-3H3. The first-order valence-corrected chi connectivity index (χ1v) is 6.98. The SMILES string of the molecule is COc1ccc(F)cc1C(Cl)Cc1cc(C)ccc1C. The Bertz CT molecular complexity index is 610. The summed E-state index contributed by atoms with van der Waals surface area (Å²) < 4.78 is 18.7. The van der Waals surface area contributed by atoms with Gasteiger partial charge in [0.2, 0.25) is 0 Å². The Morgan fingerprint density at radius 3 is 2.60 bits per heavy atom. The average molecular weight is 293 g/mol. The minimum Gasteiger partial charge on any atom is -0.496 e. The number of benzene rings is 2. The van der Waals surface area contributed by atoms with E-state index in [1.54, 1.807) is 13.2 Å². The van der Waals surface area contributed by atoms with Crippen LogP contribution in [0.1, 0.15) is 27.6 Å². The molecule has 0 fully saturated rings. The zero-order chi connectivity index (χ0) is 14.7. The molecule has 0 N–H and O–H groups in total. The quantitative estimate of drug-likeness (QED) is 0.723. The monoisotopic (exact) mass is 292 g/mol. The van der Waals surface area contributed by atoms with Crippen LogP contribution in [0.25, 0.3) is 0 Å². The molecule has 2 aromatic carbocycles. The van der Waals surface area contributed by atoms with E-state index in [2.05, 4.69) is 32.0 Å². The second-order valence-corrected chi connectivity index (χ2v) is 5.51. The summed E-state index contributed by atoms with van der Waals surface area (Å²) in [6.07, 6.45) is 0.648. The van der Waals surface area contributed by atoms with Gasteiger partial charge in [-0.25, -0.2) is 4.39 Å². The Morgan fingerprint density at radius 1 is 1.15 bits per heavy atom. The molecule has 2 rings (SSSR count). The molecule has 0 heterocycles. The lowest BCUT2D eigenvalue weighted by Gasteiger charge is -2.16. The molecule has 106 valence electrons. The molecule has 1 unspecified atom stereocenters. The molecule has 0 saturated carbocycles. The second kappa shape index (κ2) is 6.27. The van der Waals surface area contributed by atoms with Crippen molar-refractivity contribution in [3.8, 4) is 5.75 Å². The number of aryl methyl sites for hydroxylation is 2. The first kappa shape index (κ1) is 14.9. The molecule has 0 saturated heterocycles. The van der Waals surface area contributed by atoms with Crippen LogP contribution in [0.15, 0.2) is 36.4 Å². The van der Waals surface area contributed by atoms with Crippen LogP contribution in [0.4, 0.5) is 4.39 Å². The summed E-state index contributed by atoms with van der Waals surface area (Å²) in [6, 6.07) is 10.7. The van der Waals surface area contributed by atoms with E-state index >= 15 is 0 Å². The molecule has 0 aliphatic heterocycles.